The molecule has 0 amide bonds. The van der Waals surface area contributed by atoms with Gasteiger partial charge in [-0.25, -0.2) is 4.98 Å². The molecule has 1 aliphatic heterocycles. The Morgan fingerprint density at radius 2 is 1.42 bits per heavy atom. The minimum atomic E-state index is -1.81. The summed E-state index contributed by atoms with van der Waals surface area (Å²) < 4.78 is 31.5. The van der Waals surface area contributed by atoms with Crippen LogP contribution in [0.4, 0.5) is 0 Å². The van der Waals surface area contributed by atoms with E-state index in [1.54, 1.807) is 0 Å². The number of nitrogens with zero attached hydrogens (tertiary/aromatic N) is 4. The molecule has 6 aromatic carbocycles. The van der Waals surface area contributed by atoms with Crippen molar-refractivity contribution in [3.05, 3.63) is 172 Å². The zero-order valence-corrected chi connectivity index (χ0v) is 42.4. The van der Waals surface area contributed by atoms with Gasteiger partial charge in [0.15, 0.2) is 0 Å². The Kier molecular flexibility index (Phi) is 9.54. The standard InChI is InChI=1S/C60H58N4O.Pt/c1-35-20-22-50-46(25-35)47-27-36(2)52(64-51-23-21-40(39-17-14-13-15-18-39)30-48(51)45-19-16-24-61-55(45)64)32-53(47)63(50)44-29-41(28-43(31-44)57(5,6)7)56-62-59(11)33-42-26-37(3)54(58(8,9)10)38(4)49(42)34-60(59,12)65-56;/h13-28,30-31H,33-34H2,1-12H3;/q-2;+2/t59-,60-;/m0./s1/i33D2;. The zero-order chi connectivity index (χ0) is 47.3. The van der Waals surface area contributed by atoms with E-state index in [4.69, 9.17) is 14.7 Å². The zero-order valence-electron chi connectivity index (χ0n) is 42.1. The van der Waals surface area contributed by atoms with Gasteiger partial charge in [-0.05, 0) is 126 Å². The monoisotopic (exact) mass is 1050 g/mol. The number of ether oxygens (including phenoxy) is 1. The number of hydrogen-bond donors (Lipinski definition) is 0. The summed E-state index contributed by atoms with van der Waals surface area (Å²) in [5, 5.41) is 4.46. The van der Waals surface area contributed by atoms with Crippen LogP contribution >= 0.6 is 0 Å². The number of hydrogen-bond acceptors (Lipinski definition) is 3. The molecule has 66 heavy (non-hydrogen) atoms. The second-order valence-electron chi connectivity index (χ2n) is 21.2. The maximum Gasteiger partial charge on any atom is 2.00 e. The van der Waals surface area contributed by atoms with Crippen molar-refractivity contribution in [3.8, 4) is 22.5 Å². The molecule has 2 atom stereocenters. The maximum atomic E-state index is 9.93. The molecule has 0 N–H and O–H groups in total. The van der Waals surface area contributed by atoms with E-state index in [9.17, 15) is 2.74 Å². The molecule has 0 radical (unpaired) electrons. The van der Waals surface area contributed by atoms with E-state index >= 15 is 0 Å². The van der Waals surface area contributed by atoms with Gasteiger partial charge >= 0.3 is 21.1 Å². The molecular formula is C60H58N4OPt. The summed E-state index contributed by atoms with van der Waals surface area (Å²) in [7, 11) is 0. The summed E-state index contributed by atoms with van der Waals surface area (Å²) >= 11 is 0. The number of pyridine rings is 1. The fourth-order valence-corrected chi connectivity index (χ4v) is 11.0. The van der Waals surface area contributed by atoms with E-state index in [2.05, 4.69) is 194 Å². The van der Waals surface area contributed by atoms with Gasteiger partial charge in [-0.15, -0.1) is 40.8 Å². The van der Waals surface area contributed by atoms with E-state index in [1.807, 2.05) is 19.2 Å². The normalized spacial score (nSPS) is 19.6. The Balaban J connectivity index is 0.00000539. The maximum absolute atomic E-state index is 9.93. The minimum absolute atomic E-state index is 0. The molecule has 2 aliphatic rings. The van der Waals surface area contributed by atoms with Crippen molar-refractivity contribution in [1.82, 2.24) is 14.1 Å². The van der Waals surface area contributed by atoms with Crippen LogP contribution in [0.2, 0.25) is 0 Å². The summed E-state index contributed by atoms with van der Waals surface area (Å²) in [6, 6.07) is 44.7. The van der Waals surface area contributed by atoms with Gasteiger partial charge < -0.3 is 13.9 Å². The summed E-state index contributed by atoms with van der Waals surface area (Å²) in [6.45, 7) is 26.0. The van der Waals surface area contributed by atoms with E-state index in [-0.39, 0.29) is 31.9 Å². The first-order valence-corrected chi connectivity index (χ1v) is 23.0. The number of aliphatic imine (C=N–C) groups is 1. The van der Waals surface area contributed by atoms with Gasteiger partial charge in [-0.3, -0.25) is 4.99 Å². The summed E-state index contributed by atoms with van der Waals surface area (Å²) in [5.74, 6) is 0.419. The topological polar surface area (TPSA) is 44.3 Å². The number of aromatic nitrogens is 3. The van der Waals surface area contributed by atoms with Crippen LogP contribution in [0.25, 0.3) is 66.2 Å². The quantitative estimate of drug-likeness (QED) is 0.165. The van der Waals surface area contributed by atoms with Gasteiger partial charge in [0, 0.05) is 38.0 Å². The summed E-state index contributed by atoms with van der Waals surface area (Å²) in [4.78, 5) is 10.4. The van der Waals surface area contributed by atoms with Gasteiger partial charge in [-0.1, -0.05) is 125 Å². The van der Waals surface area contributed by atoms with E-state index in [1.165, 1.54) is 16.7 Å². The van der Waals surface area contributed by atoms with Crippen molar-refractivity contribution in [2.24, 2.45) is 4.99 Å². The van der Waals surface area contributed by atoms with Crippen molar-refractivity contribution < 1.29 is 28.5 Å². The molecule has 9 aromatic rings. The molecule has 0 saturated carbocycles. The molecule has 3 aromatic heterocycles. The van der Waals surface area contributed by atoms with Crippen LogP contribution < -0.4 is 0 Å². The van der Waals surface area contributed by atoms with Gasteiger partial charge in [0.25, 0.3) is 0 Å². The van der Waals surface area contributed by atoms with Crippen molar-refractivity contribution in [2.45, 2.75) is 118 Å². The number of aryl methyl sites for hydroxylation is 3. The Bertz CT molecular complexity index is 3610. The van der Waals surface area contributed by atoms with Crippen LogP contribution in [0.5, 0.6) is 0 Å². The van der Waals surface area contributed by atoms with Crippen LogP contribution in [0, 0.1) is 39.8 Å². The first kappa shape index (κ1) is 41.6. The molecule has 11 rings (SSSR count). The van der Waals surface area contributed by atoms with Crippen molar-refractivity contribution >= 4 is 49.6 Å². The van der Waals surface area contributed by atoms with Crippen LogP contribution in [0.3, 0.4) is 0 Å². The average Bonchev–Trinajstić information content (AvgIpc) is 3.87. The number of fused-ring (bicyclic) bond motifs is 8. The Hall–Kier alpha value is -5.77. The summed E-state index contributed by atoms with van der Waals surface area (Å²) in [6.07, 6.45) is 0.602. The van der Waals surface area contributed by atoms with Gasteiger partial charge in [-0.2, -0.15) is 6.07 Å². The number of rotatable bonds is 4. The third-order valence-corrected chi connectivity index (χ3v) is 14.4. The first-order valence-electron chi connectivity index (χ1n) is 24.0. The number of benzene rings is 6. The third-order valence-electron chi connectivity index (χ3n) is 14.4. The van der Waals surface area contributed by atoms with Crippen molar-refractivity contribution in [3.63, 3.8) is 0 Å². The molecule has 5 nitrogen and oxygen atoms in total. The smallest absolute Gasteiger partial charge is 0.511 e. The second kappa shape index (κ2) is 15.1. The van der Waals surface area contributed by atoms with Crippen molar-refractivity contribution in [2.75, 3.05) is 0 Å². The van der Waals surface area contributed by atoms with Crippen molar-refractivity contribution in [1.29, 1.82) is 0 Å². The van der Waals surface area contributed by atoms with Gasteiger partial charge in [0.1, 0.15) is 17.1 Å². The molecule has 0 fully saturated rings. The fourth-order valence-electron chi connectivity index (χ4n) is 11.0. The Morgan fingerprint density at radius 3 is 2.17 bits per heavy atom. The van der Waals surface area contributed by atoms with Crippen LogP contribution in [0.15, 0.2) is 114 Å². The van der Waals surface area contributed by atoms with Crippen LogP contribution in [-0.2, 0) is 49.4 Å². The molecule has 6 heteroatoms. The molecular weight excluding hydrogens is 988 g/mol. The van der Waals surface area contributed by atoms with E-state index in [0.717, 1.165) is 94.1 Å². The van der Waals surface area contributed by atoms with Crippen LogP contribution in [-0.4, -0.2) is 31.2 Å². The molecule has 334 valence electrons. The average molecular weight is 1050 g/mol. The van der Waals surface area contributed by atoms with Gasteiger partial charge in [0.2, 0.25) is 0 Å². The molecule has 0 spiro atoms. The molecule has 0 unspecified atom stereocenters. The minimum Gasteiger partial charge on any atom is -0.511 e. The Labute approximate surface area is 407 Å². The first-order chi connectivity index (χ1) is 31.6. The SMILES string of the molecule is [2H]C1([2H])c2cc(C)c(C(C)(C)C)c(C)c2C[C@]2(C)OC(c3[c-]c(-n4c5[c-]c(-n6c7ccc(-c8ccccc8)cc7c7cccnc76)c(C)cc5c5cc(C)ccc54)cc(C(C)(C)C)c3)=N[C@@]12C.[Pt+2]. The molecule has 0 saturated heterocycles. The third kappa shape index (κ3) is 6.74. The van der Waals surface area contributed by atoms with E-state index in [0.29, 0.717) is 17.9 Å². The predicted octanol–water partition coefficient (Wildman–Crippen LogP) is 14.5. The molecule has 0 bridgehead atoms. The predicted molar refractivity (Wildman–Crippen MR) is 271 cm³/mol. The molecule has 4 heterocycles. The van der Waals surface area contributed by atoms with E-state index < -0.39 is 17.5 Å². The second-order valence-corrected chi connectivity index (χ2v) is 21.2. The molecule has 1 aliphatic carbocycles. The fraction of sp³-hybridized carbons (Fsp3) is 0.300. The van der Waals surface area contributed by atoms with Crippen LogP contribution in [0.1, 0.15) is 108 Å². The largest absolute Gasteiger partial charge is 2.00 e. The van der Waals surface area contributed by atoms with Gasteiger partial charge in [0.05, 0.1) is 11.1 Å². The summed E-state index contributed by atoms with van der Waals surface area (Å²) in [5.41, 5.74) is 14.9. The Morgan fingerprint density at radius 1 is 0.697 bits per heavy atom.